The first-order valence-electron chi connectivity index (χ1n) is 8.41. The summed E-state index contributed by atoms with van der Waals surface area (Å²) in [4.78, 5) is 43.0. The first-order chi connectivity index (χ1) is 13.6. The lowest BCUT2D eigenvalue weighted by atomic mass is 10.1. The monoisotopic (exact) mass is 393 g/mol. The highest BCUT2D eigenvalue weighted by Crippen LogP contribution is 2.26. The zero-order valence-corrected chi connectivity index (χ0v) is 15.7. The number of carbonyl (C=O) groups excluding carboxylic acids is 3. The van der Waals surface area contributed by atoms with Crippen molar-refractivity contribution in [3.63, 3.8) is 0 Å². The average molecular weight is 393 g/mol. The van der Waals surface area contributed by atoms with Crippen LogP contribution in [0.4, 0.5) is 5.13 Å². The molecule has 0 unspecified atom stereocenters. The fourth-order valence-electron chi connectivity index (χ4n) is 2.94. The minimum Gasteiger partial charge on any atom is -0.497 e. The Kier molecular flexibility index (Phi) is 4.62. The second kappa shape index (κ2) is 7.24. The minimum atomic E-state index is -0.417. The number of imide groups is 1. The third kappa shape index (κ3) is 3.25. The van der Waals surface area contributed by atoms with Crippen molar-refractivity contribution in [3.05, 3.63) is 76.3 Å². The number of thiazole rings is 1. The van der Waals surface area contributed by atoms with Crippen LogP contribution in [0, 0.1) is 0 Å². The first-order valence-corrected chi connectivity index (χ1v) is 9.29. The van der Waals surface area contributed by atoms with Gasteiger partial charge in [-0.15, -0.1) is 11.3 Å². The van der Waals surface area contributed by atoms with Crippen LogP contribution in [0.1, 0.15) is 36.6 Å². The van der Waals surface area contributed by atoms with Crippen molar-refractivity contribution in [2.45, 2.75) is 6.54 Å². The zero-order chi connectivity index (χ0) is 19.7. The summed E-state index contributed by atoms with van der Waals surface area (Å²) in [7, 11) is 1.57. The number of aromatic nitrogens is 1. The van der Waals surface area contributed by atoms with Gasteiger partial charge in [-0.3, -0.25) is 24.6 Å². The van der Waals surface area contributed by atoms with Gasteiger partial charge in [0, 0.05) is 17.1 Å². The maximum absolute atomic E-state index is 12.8. The molecule has 0 atom stereocenters. The number of methoxy groups -OCH3 is 1. The number of nitrogens with zero attached hydrogens (tertiary/aromatic N) is 2. The second-order valence-corrected chi connectivity index (χ2v) is 6.99. The lowest BCUT2D eigenvalue weighted by molar-refractivity contribution is 0.0642. The molecule has 0 spiro atoms. The van der Waals surface area contributed by atoms with Crippen molar-refractivity contribution in [1.82, 2.24) is 9.88 Å². The maximum Gasteiger partial charge on any atom is 0.261 e. The van der Waals surface area contributed by atoms with Gasteiger partial charge in [0.25, 0.3) is 17.7 Å². The predicted molar refractivity (Wildman–Crippen MR) is 104 cm³/mol. The number of nitrogens with one attached hydrogen (secondary N) is 1. The van der Waals surface area contributed by atoms with Crippen LogP contribution in [0.25, 0.3) is 0 Å². The molecule has 0 saturated carbocycles. The van der Waals surface area contributed by atoms with E-state index in [0.717, 1.165) is 5.56 Å². The van der Waals surface area contributed by atoms with Gasteiger partial charge in [-0.1, -0.05) is 12.1 Å². The Balaban J connectivity index is 1.55. The fourth-order valence-corrected chi connectivity index (χ4v) is 3.47. The predicted octanol–water partition coefficient (Wildman–Crippen LogP) is 3.20. The van der Waals surface area contributed by atoms with Gasteiger partial charge in [0.2, 0.25) is 0 Å². The minimum absolute atomic E-state index is 0.150. The molecular formula is C20H15N3O4S. The molecule has 1 aliphatic heterocycles. The van der Waals surface area contributed by atoms with Crippen molar-refractivity contribution >= 4 is 34.2 Å². The zero-order valence-electron chi connectivity index (χ0n) is 14.8. The number of carbonyl (C=O) groups is 3. The normalized spacial score (nSPS) is 12.8. The van der Waals surface area contributed by atoms with Gasteiger partial charge in [0.1, 0.15) is 5.75 Å². The van der Waals surface area contributed by atoms with E-state index in [2.05, 4.69) is 10.3 Å². The standard InChI is InChI=1S/C20H15N3O4S/c1-27-14-5-2-12(3-6-14)11-23-18(25)15-7-4-13(10-16(15)19(23)26)17(24)22-20-21-8-9-28-20/h2-10H,11H2,1H3,(H,21,22,24). The third-order valence-corrected chi connectivity index (χ3v) is 5.07. The van der Waals surface area contributed by atoms with Gasteiger partial charge < -0.3 is 4.74 Å². The Morgan fingerprint density at radius 2 is 1.86 bits per heavy atom. The quantitative estimate of drug-likeness (QED) is 0.673. The van der Waals surface area contributed by atoms with Gasteiger partial charge in [-0.2, -0.15) is 0 Å². The van der Waals surface area contributed by atoms with E-state index >= 15 is 0 Å². The molecule has 8 heteroatoms. The molecule has 7 nitrogen and oxygen atoms in total. The molecule has 0 fully saturated rings. The lowest BCUT2D eigenvalue weighted by Gasteiger charge is -2.14. The summed E-state index contributed by atoms with van der Waals surface area (Å²) in [6.07, 6.45) is 1.59. The van der Waals surface area contributed by atoms with Crippen LogP contribution in [0.2, 0.25) is 0 Å². The number of ether oxygens (including phenoxy) is 1. The van der Waals surface area contributed by atoms with E-state index in [4.69, 9.17) is 4.74 Å². The Morgan fingerprint density at radius 1 is 1.11 bits per heavy atom. The van der Waals surface area contributed by atoms with E-state index in [9.17, 15) is 14.4 Å². The summed E-state index contributed by atoms with van der Waals surface area (Å²) in [5.41, 5.74) is 1.62. The Morgan fingerprint density at radius 3 is 2.54 bits per heavy atom. The molecule has 0 aliphatic carbocycles. The lowest BCUT2D eigenvalue weighted by Crippen LogP contribution is -2.29. The van der Waals surface area contributed by atoms with Crippen molar-refractivity contribution in [3.8, 4) is 5.75 Å². The third-order valence-electron chi connectivity index (χ3n) is 4.39. The summed E-state index contributed by atoms with van der Waals surface area (Å²) in [5, 5.41) is 4.88. The molecular weight excluding hydrogens is 378 g/mol. The highest BCUT2D eigenvalue weighted by molar-refractivity contribution is 7.13. The largest absolute Gasteiger partial charge is 0.497 e. The number of hydrogen-bond acceptors (Lipinski definition) is 6. The van der Waals surface area contributed by atoms with E-state index in [1.807, 2.05) is 0 Å². The van der Waals surface area contributed by atoms with Crippen LogP contribution >= 0.6 is 11.3 Å². The van der Waals surface area contributed by atoms with Crippen LogP contribution in [0.3, 0.4) is 0 Å². The molecule has 2 heterocycles. The highest BCUT2D eigenvalue weighted by atomic mass is 32.1. The summed E-state index contributed by atoms with van der Waals surface area (Å²) in [6.45, 7) is 0.150. The van der Waals surface area contributed by atoms with Crippen molar-refractivity contribution in [2.24, 2.45) is 0 Å². The van der Waals surface area contributed by atoms with Crippen molar-refractivity contribution in [2.75, 3.05) is 12.4 Å². The van der Waals surface area contributed by atoms with Crippen molar-refractivity contribution in [1.29, 1.82) is 0 Å². The molecule has 140 valence electrons. The van der Waals surface area contributed by atoms with Gasteiger partial charge in [-0.25, -0.2) is 4.98 Å². The molecule has 1 aromatic heterocycles. The molecule has 0 bridgehead atoms. The summed E-state index contributed by atoms with van der Waals surface area (Å²) >= 11 is 1.30. The van der Waals surface area contributed by atoms with Gasteiger partial charge >= 0.3 is 0 Å². The Hall–Kier alpha value is -3.52. The van der Waals surface area contributed by atoms with Gasteiger partial charge in [0.15, 0.2) is 5.13 Å². The second-order valence-electron chi connectivity index (χ2n) is 6.10. The topological polar surface area (TPSA) is 88.6 Å². The van der Waals surface area contributed by atoms with E-state index in [1.54, 1.807) is 43.0 Å². The average Bonchev–Trinajstić information content (AvgIpc) is 3.31. The molecule has 3 aromatic rings. The SMILES string of the molecule is COc1ccc(CN2C(=O)c3ccc(C(=O)Nc4nccs4)cc3C2=O)cc1. The number of benzene rings is 2. The Labute approximate surface area is 164 Å². The molecule has 1 aliphatic rings. The number of fused-ring (bicyclic) bond motifs is 1. The molecule has 4 rings (SSSR count). The summed E-state index contributed by atoms with van der Waals surface area (Å²) in [6, 6.07) is 11.6. The summed E-state index contributed by atoms with van der Waals surface area (Å²) < 4.78 is 5.12. The first kappa shape index (κ1) is 17.9. The van der Waals surface area contributed by atoms with Crippen LogP contribution in [-0.4, -0.2) is 34.7 Å². The van der Waals surface area contributed by atoms with E-state index in [-0.39, 0.29) is 23.9 Å². The molecule has 0 saturated heterocycles. The number of anilines is 1. The van der Waals surface area contributed by atoms with Gasteiger partial charge in [0.05, 0.1) is 24.8 Å². The van der Waals surface area contributed by atoms with E-state index < -0.39 is 5.91 Å². The number of hydrogen-bond donors (Lipinski definition) is 1. The highest BCUT2D eigenvalue weighted by Gasteiger charge is 2.36. The van der Waals surface area contributed by atoms with Crippen LogP contribution in [0.5, 0.6) is 5.75 Å². The van der Waals surface area contributed by atoms with E-state index in [0.29, 0.717) is 22.0 Å². The maximum atomic E-state index is 12.8. The van der Waals surface area contributed by atoms with E-state index in [1.165, 1.54) is 34.4 Å². The van der Waals surface area contributed by atoms with Crippen molar-refractivity contribution < 1.29 is 19.1 Å². The fraction of sp³-hybridized carbons (Fsp3) is 0.100. The molecule has 3 amide bonds. The Bertz CT molecular complexity index is 1060. The smallest absolute Gasteiger partial charge is 0.261 e. The van der Waals surface area contributed by atoms with Crippen LogP contribution in [0.15, 0.2) is 54.0 Å². The van der Waals surface area contributed by atoms with Gasteiger partial charge in [-0.05, 0) is 35.9 Å². The molecule has 1 N–H and O–H groups in total. The summed E-state index contributed by atoms with van der Waals surface area (Å²) in [5.74, 6) is -0.476. The molecule has 2 aromatic carbocycles. The van der Waals surface area contributed by atoms with Crippen LogP contribution < -0.4 is 10.1 Å². The van der Waals surface area contributed by atoms with Crippen LogP contribution in [-0.2, 0) is 6.54 Å². The molecule has 28 heavy (non-hydrogen) atoms. The number of rotatable bonds is 5. The molecule has 0 radical (unpaired) electrons. The number of amides is 3.